The Morgan fingerprint density at radius 1 is 1.38 bits per heavy atom. The van der Waals surface area contributed by atoms with Gasteiger partial charge in [-0.05, 0) is 50.6 Å². The maximum atomic E-state index is 10.3. The Bertz CT molecular complexity index is 432. The Morgan fingerprint density at radius 2 is 2.24 bits per heavy atom. The molecule has 118 valence electrons. The molecule has 21 heavy (non-hydrogen) atoms. The lowest BCUT2D eigenvalue weighted by Gasteiger charge is -2.21. The quantitative estimate of drug-likeness (QED) is 0.691. The van der Waals surface area contributed by atoms with E-state index >= 15 is 0 Å². The average molecular weight is 293 g/mol. The van der Waals surface area contributed by atoms with Crippen LogP contribution in [0.15, 0.2) is 18.2 Å². The molecule has 1 aliphatic heterocycles. The monoisotopic (exact) mass is 293 g/mol. The summed E-state index contributed by atoms with van der Waals surface area (Å²) in [5.74, 6) is 0.687. The molecular formula is C16H27N3O2. The smallest absolute Gasteiger partial charge is 0.142 e. The molecule has 1 aliphatic rings. The van der Waals surface area contributed by atoms with Gasteiger partial charge in [0.25, 0.3) is 0 Å². The van der Waals surface area contributed by atoms with E-state index in [4.69, 9.17) is 10.5 Å². The Kier molecular flexibility index (Phi) is 6.29. The highest BCUT2D eigenvalue weighted by Gasteiger charge is 2.13. The largest absolute Gasteiger partial charge is 0.492 e. The Labute approximate surface area is 127 Å². The maximum absolute atomic E-state index is 10.3. The molecule has 0 spiro atoms. The van der Waals surface area contributed by atoms with E-state index < -0.39 is 6.10 Å². The van der Waals surface area contributed by atoms with Gasteiger partial charge < -0.3 is 25.8 Å². The van der Waals surface area contributed by atoms with Gasteiger partial charge in [0, 0.05) is 19.6 Å². The summed E-state index contributed by atoms with van der Waals surface area (Å²) in [6, 6.07) is 5.56. The lowest BCUT2D eigenvalue weighted by atomic mass is 10.1. The van der Waals surface area contributed by atoms with Gasteiger partial charge in [0.05, 0.1) is 18.4 Å². The van der Waals surface area contributed by atoms with Gasteiger partial charge in [-0.15, -0.1) is 0 Å². The van der Waals surface area contributed by atoms with Crippen LogP contribution in [-0.2, 0) is 0 Å². The molecule has 0 aliphatic carbocycles. The van der Waals surface area contributed by atoms with E-state index in [1.54, 1.807) is 0 Å². The van der Waals surface area contributed by atoms with Crippen LogP contribution in [0.4, 0.5) is 5.69 Å². The normalized spacial score (nSPS) is 18.2. The molecule has 1 unspecified atom stereocenters. The Hall–Kier alpha value is -1.30. The number of rotatable bonds is 6. The van der Waals surface area contributed by atoms with Crippen LogP contribution in [0.3, 0.4) is 0 Å². The van der Waals surface area contributed by atoms with Gasteiger partial charge in [-0.1, -0.05) is 6.07 Å². The minimum Gasteiger partial charge on any atom is -0.492 e. The lowest BCUT2D eigenvalue weighted by Crippen LogP contribution is -2.29. The van der Waals surface area contributed by atoms with Gasteiger partial charge in [-0.2, -0.15) is 0 Å². The summed E-state index contributed by atoms with van der Waals surface area (Å²) < 4.78 is 5.42. The third-order valence-electron chi connectivity index (χ3n) is 3.87. The number of ether oxygens (including phenoxy) is 1. The Balaban J connectivity index is 1.87. The maximum Gasteiger partial charge on any atom is 0.142 e. The van der Waals surface area contributed by atoms with Crippen LogP contribution < -0.4 is 15.8 Å². The van der Waals surface area contributed by atoms with Crippen LogP contribution in [0, 0.1) is 0 Å². The molecule has 2 rings (SSSR count). The molecule has 0 saturated carbocycles. The molecule has 1 aromatic carbocycles. The fourth-order valence-corrected chi connectivity index (χ4v) is 2.66. The third-order valence-corrected chi connectivity index (χ3v) is 3.87. The molecule has 4 N–H and O–H groups in total. The number of nitrogens with one attached hydrogen (secondary N) is 1. The SMILES string of the molecule is CCOc1ccc(C(O)CCN2CCCNCC2)cc1N. The van der Waals surface area contributed by atoms with Crippen LogP contribution in [0.2, 0.25) is 0 Å². The number of aliphatic hydroxyl groups excluding tert-OH is 1. The van der Waals surface area contributed by atoms with E-state index in [2.05, 4.69) is 10.2 Å². The minimum absolute atomic E-state index is 0.473. The van der Waals surface area contributed by atoms with E-state index in [1.165, 1.54) is 6.42 Å². The first kappa shape index (κ1) is 16.1. The summed E-state index contributed by atoms with van der Waals surface area (Å²) in [5, 5.41) is 13.7. The van der Waals surface area contributed by atoms with Crippen molar-refractivity contribution in [1.82, 2.24) is 10.2 Å². The predicted molar refractivity (Wildman–Crippen MR) is 85.5 cm³/mol. The van der Waals surface area contributed by atoms with E-state index in [0.29, 0.717) is 18.0 Å². The van der Waals surface area contributed by atoms with E-state index in [9.17, 15) is 5.11 Å². The van der Waals surface area contributed by atoms with Gasteiger partial charge in [-0.3, -0.25) is 0 Å². The van der Waals surface area contributed by atoms with Crippen molar-refractivity contribution in [3.05, 3.63) is 23.8 Å². The molecule has 5 heteroatoms. The fourth-order valence-electron chi connectivity index (χ4n) is 2.66. The van der Waals surface area contributed by atoms with Crippen molar-refractivity contribution in [3.63, 3.8) is 0 Å². The van der Waals surface area contributed by atoms with Crippen molar-refractivity contribution >= 4 is 5.69 Å². The van der Waals surface area contributed by atoms with Gasteiger partial charge in [0.2, 0.25) is 0 Å². The van der Waals surface area contributed by atoms with Crippen LogP contribution in [0.5, 0.6) is 5.75 Å². The third kappa shape index (κ3) is 4.88. The molecule has 1 atom stereocenters. The molecule has 1 heterocycles. The zero-order chi connectivity index (χ0) is 15.1. The first-order valence-electron chi connectivity index (χ1n) is 7.84. The highest BCUT2D eigenvalue weighted by atomic mass is 16.5. The first-order valence-corrected chi connectivity index (χ1v) is 7.84. The lowest BCUT2D eigenvalue weighted by molar-refractivity contribution is 0.144. The molecule has 0 bridgehead atoms. The second-order valence-corrected chi connectivity index (χ2v) is 5.48. The number of aliphatic hydroxyl groups is 1. The first-order chi connectivity index (χ1) is 10.2. The van der Waals surface area contributed by atoms with Gasteiger partial charge >= 0.3 is 0 Å². The van der Waals surface area contributed by atoms with Crippen molar-refractivity contribution in [3.8, 4) is 5.75 Å². The van der Waals surface area contributed by atoms with Crippen molar-refractivity contribution in [1.29, 1.82) is 0 Å². The second kappa shape index (κ2) is 8.22. The summed E-state index contributed by atoms with van der Waals surface area (Å²) >= 11 is 0. The topological polar surface area (TPSA) is 70.8 Å². The van der Waals surface area contributed by atoms with E-state index in [1.807, 2.05) is 25.1 Å². The van der Waals surface area contributed by atoms with Gasteiger partial charge in [-0.25, -0.2) is 0 Å². The standard InChI is InChI=1S/C16H27N3O2/c1-2-21-16-5-4-13(12-14(16)17)15(20)6-10-19-9-3-7-18-8-11-19/h4-5,12,15,18,20H,2-3,6-11,17H2,1H3. The molecule has 0 radical (unpaired) electrons. The molecule has 0 amide bonds. The molecule has 1 fully saturated rings. The summed E-state index contributed by atoms with van der Waals surface area (Å²) in [5.41, 5.74) is 7.40. The fraction of sp³-hybridized carbons (Fsp3) is 0.625. The summed E-state index contributed by atoms with van der Waals surface area (Å²) in [7, 11) is 0. The number of nitrogens with two attached hydrogens (primary N) is 1. The van der Waals surface area contributed by atoms with Crippen LogP contribution in [0.25, 0.3) is 0 Å². The Morgan fingerprint density at radius 3 is 3.00 bits per heavy atom. The summed E-state index contributed by atoms with van der Waals surface area (Å²) in [6.07, 6.45) is 1.43. The molecule has 0 aromatic heterocycles. The zero-order valence-electron chi connectivity index (χ0n) is 12.8. The van der Waals surface area contributed by atoms with Gasteiger partial charge in [0.15, 0.2) is 0 Å². The number of nitrogens with zero attached hydrogens (tertiary/aromatic N) is 1. The number of benzene rings is 1. The molecule has 1 saturated heterocycles. The number of hydrogen-bond acceptors (Lipinski definition) is 5. The molecular weight excluding hydrogens is 266 g/mol. The summed E-state index contributed by atoms with van der Waals surface area (Å²) in [4.78, 5) is 2.40. The van der Waals surface area contributed by atoms with Gasteiger partial charge in [0.1, 0.15) is 5.75 Å². The van der Waals surface area contributed by atoms with Crippen molar-refractivity contribution < 1.29 is 9.84 Å². The highest BCUT2D eigenvalue weighted by Crippen LogP contribution is 2.27. The number of anilines is 1. The van der Waals surface area contributed by atoms with E-state index in [0.717, 1.165) is 44.7 Å². The van der Waals surface area contributed by atoms with Crippen molar-refractivity contribution in [2.45, 2.75) is 25.9 Å². The molecule has 5 nitrogen and oxygen atoms in total. The number of nitrogen functional groups attached to an aromatic ring is 1. The van der Waals surface area contributed by atoms with E-state index in [-0.39, 0.29) is 0 Å². The average Bonchev–Trinajstić information content (AvgIpc) is 2.75. The van der Waals surface area contributed by atoms with Crippen molar-refractivity contribution in [2.75, 3.05) is 45.1 Å². The van der Waals surface area contributed by atoms with Crippen molar-refractivity contribution in [2.24, 2.45) is 0 Å². The van der Waals surface area contributed by atoms with Crippen LogP contribution >= 0.6 is 0 Å². The van der Waals surface area contributed by atoms with Crippen LogP contribution in [0.1, 0.15) is 31.4 Å². The zero-order valence-corrected chi connectivity index (χ0v) is 12.8. The number of hydrogen-bond donors (Lipinski definition) is 3. The summed E-state index contributed by atoms with van der Waals surface area (Å²) in [6.45, 7) is 7.72. The minimum atomic E-state index is -0.473. The predicted octanol–water partition coefficient (Wildman–Crippen LogP) is 1.39. The molecule has 1 aromatic rings. The van der Waals surface area contributed by atoms with Crippen LogP contribution in [-0.4, -0.2) is 49.3 Å². The highest BCUT2D eigenvalue weighted by molar-refractivity contribution is 5.54. The second-order valence-electron chi connectivity index (χ2n) is 5.48.